The summed E-state index contributed by atoms with van der Waals surface area (Å²) in [4.78, 5) is 34.3. The first-order chi connectivity index (χ1) is 19.2. The van der Waals surface area contributed by atoms with Gasteiger partial charge in [-0.3, -0.25) is 0 Å². The third-order valence-electron chi connectivity index (χ3n) is 7.71. The molecule has 2 heterocycles. The molecule has 1 aliphatic heterocycles. The van der Waals surface area contributed by atoms with E-state index in [1.165, 1.54) is 0 Å². The first-order valence-corrected chi connectivity index (χ1v) is 14.4. The number of benzene rings is 2. The molecule has 2 N–H and O–H groups in total. The molecule has 2 aromatic carbocycles. The molecule has 0 spiro atoms. The Morgan fingerprint density at radius 1 is 1.07 bits per heavy atom. The maximum atomic E-state index is 13.3. The van der Waals surface area contributed by atoms with Gasteiger partial charge in [-0.2, -0.15) is 0 Å². The number of hydrogen-bond donors (Lipinski definition) is 1. The Morgan fingerprint density at radius 2 is 1.78 bits per heavy atom. The zero-order valence-corrected chi connectivity index (χ0v) is 25.5. The number of piperidine rings is 1. The van der Waals surface area contributed by atoms with E-state index in [0.717, 1.165) is 35.0 Å². The van der Waals surface area contributed by atoms with Crippen molar-refractivity contribution in [3.05, 3.63) is 59.7 Å². The SMILES string of the molecule is C[C@H](N(Cc1ccc2c(c1)nc(N)n2C1CCCN(C(=O)OC(C)(C)C)C1)C(=O)OCc1ccccc1)C(C)(C)C. The van der Waals surface area contributed by atoms with Crippen LogP contribution in [-0.2, 0) is 22.6 Å². The van der Waals surface area contributed by atoms with Crippen LogP contribution in [0.3, 0.4) is 0 Å². The lowest BCUT2D eigenvalue weighted by Crippen LogP contribution is -2.45. The van der Waals surface area contributed by atoms with Crippen LogP contribution in [0.25, 0.3) is 11.0 Å². The lowest BCUT2D eigenvalue weighted by Gasteiger charge is -2.37. The number of nitrogens with two attached hydrogens (primary N) is 1. The van der Waals surface area contributed by atoms with Gasteiger partial charge < -0.3 is 29.6 Å². The molecule has 2 amide bonds. The van der Waals surface area contributed by atoms with Crippen LogP contribution in [0.5, 0.6) is 0 Å². The fraction of sp³-hybridized carbons (Fsp3) is 0.531. The second-order valence-corrected chi connectivity index (χ2v) is 13.1. The van der Waals surface area contributed by atoms with Crippen LogP contribution in [0.2, 0.25) is 0 Å². The monoisotopic (exact) mass is 563 g/mol. The van der Waals surface area contributed by atoms with Crippen molar-refractivity contribution in [3.8, 4) is 0 Å². The Hall–Kier alpha value is -3.75. The molecule has 0 radical (unpaired) electrons. The topological polar surface area (TPSA) is 103 Å². The Morgan fingerprint density at radius 3 is 2.44 bits per heavy atom. The highest BCUT2D eigenvalue weighted by Crippen LogP contribution is 2.31. The number of carbonyl (C=O) groups excluding carboxylic acids is 2. The summed E-state index contributed by atoms with van der Waals surface area (Å²) in [7, 11) is 0. The van der Waals surface area contributed by atoms with Gasteiger partial charge >= 0.3 is 12.2 Å². The van der Waals surface area contributed by atoms with Crippen molar-refractivity contribution in [1.82, 2.24) is 19.4 Å². The highest BCUT2D eigenvalue weighted by atomic mass is 16.6. The van der Waals surface area contributed by atoms with Crippen molar-refractivity contribution in [3.63, 3.8) is 0 Å². The minimum absolute atomic E-state index is 0.00232. The first kappa shape index (κ1) is 30.2. The van der Waals surface area contributed by atoms with Crippen LogP contribution in [0, 0.1) is 5.41 Å². The van der Waals surface area contributed by atoms with Crippen LogP contribution in [0.1, 0.15) is 78.5 Å². The van der Waals surface area contributed by atoms with Gasteiger partial charge in [-0.1, -0.05) is 57.2 Å². The van der Waals surface area contributed by atoms with Gasteiger partial charge in [0.1, 0.15) is 12.2 Å². The van der Waals surface area contributed by atoms with Crippen molar-refractivity contribution < 1.29 is 19.1 Å². The molecule has 3 aromatic rings. The van der Waals surface area contributed by atoms with Crippen molar-refractivity contribution in [2.24, 2.45) is 5.41 Å². The number of fused-ring (bicyclic) bond motifs is 1. The number of imidazole rings is 1. The second-order valence-electron chi connectivity index (χ2n) is 13.1. The molecule has 9 nitrogen and oxygen atoms in total. The number of hydrogen-bond acceptors (Lipinski definition) is 6. The van der Waals surface area contributed by atoms with E-state index in [4.69, 9.17) is 15.2 Å². The summed E-state index contributed by atoms with van der Waals surface area (Å²) >= 11 is 0. The maximum absolute atomic E-state index is 13.3. The van der Waals surface area contributed by atoms with Crippen LogP contribution in [-0.4, -0.2) is 56.3 Å². The van der Waals surface area contributed by atoms with Crippen LogP contribution >= 0.6 is 0 Å². The third kappa shape index (κ3) is 7.51. The van der Waals surface area contributed by atoms with Crippen LogP contribution in [0.15, 0.2) is 48.5 Å². The maximum Gasteiger partial charge on any atom is 0.410 e. The van der Waals surface area contributed by atoms with Gasteiger partial charge in [0.15, 0.2) is 0 Å². The minimum Gasteiger partial charge on any atom is -0.445 e. The summed E-state index contributed by atoms with van der Waals surface area (Å²) in [6.45, 7) is 15.8. The van der Waals surface area contributed by atoms with Crippen LogP contribution < -0.4 is 5.73 Å². The summed E-state index contributed by atoms with van der Waals surface area (Å²) in [6, 6.07) is 15.6. The highest BCUT2D eigenvalue weighted by molar-refractivity contribution is 5.79. The Kier molecular flexibility index (Phi) is 8.85. The fourth-order valence-electron chi connectivity index (χ4n) is 5.13. The molecule has 0 aliphatic carbocycles. The second kappa shape index (κ2) is 12.0. The number of likely N-dealkylation sites (tertiary alicyclic amines) is 1. The molecule has 0 saturated carbocycles. The van der Waals surface area contributed by atoms with Gasteiger partial charge in [0.05, 0.1) is 17.1 Å². The smallest absolute Gasteiger partial charge is 0.410 e. The number of nitrogen functional groups attached to an aromatic ring is 1. The van der Waals surface area contributed by atoms with E-state index in [0.29, 0.717) is 25.6 Å². The Balaban J connectivity index is 1.54. The quantitative estimate of drug-likeness (QED) is 0.355. The highest BCUT2D eigenvalue weighted by Gasteiger charge is 2.32. The number of amides is 2. The van der Waals surface area contributed by atoms with E-state index in [1.807, 2.05) is 73.9 Å². The molecular weight excluding hydrogens is 518 g/mol. The van der Waals surface area contributed by atoms with Crippen molar-refractivity contribution in [2.45, 2.75) is 92.1 Å². The lowest BCUT2D eigenvalue weighted by molar-refractivity contribution is 0.0175. The predicted molar refractivity (Wildman–Crippen MR) is 161 cm³/mol. The zero-order valence-electron chi connectivity index (χ0n) is 25.5. The van der Waals surface area contributed by atoms with E-state index in [2.05, 4.69) is 32.7 Å². The number of aromatic nitrogens is 2. The number of anilines is 1. The lowest BCUT2D eigenvalue weighted by atomic mass is 9.87. The van der Waals surface area contributed by atoms with Gasteiger partial charge in [0.25, 0.3) is 0 Å². The molecule has 4 rings (SSSR count). The van der Waals surface area contributed by atoms with E-state index < -0.39 is 5.60 Å². The van der Waals surface area contributed by atoms with Crippen molar-refractivity contribution in [1.29, 1.82) is 0 Å². The molecule has 1 unspecified atom stereocenters. The molecule has 1 fully saturated rings. The van der Waals surface area contributed by atoms with E-state index in [1.54, 1.807) is 9.80 Å². The first-order valence-electron chi connectivity index (χ1n) is 14.4. The average Bonchev–Trinajstić information content (AvgIpc) is 3.24. The molecule has 0 bridgehead atoms. The zero-order chi connectivity index (χ0) is 29.9. The fourth-order valence-corrected chi connectivity index (χ4v) is 5.13. The summed E-state index contributed by atoms with van der Waals surface area (Å²) in [5.41, 5.74) is 9.29. The van der Waals surface area contributed by atoms with E-state index in [-0.39, 0.29) is 36.3 Å². The Bertz CT molecular complexity index is 1360. The van der Waals surface area contributed by atoms with Crippen molar-refractivity contribution >= 4 is 29.2 Å². The Labute approximate surface area is 243 Å². The predicted octanol–water partition coefficient (Wildman–Crippen LogP) is 6.76. The van der Waals surface area contributed by atoms with Crippen LogP contribution in [0.4, 0.5) is 15.5 Å². The van der Waals surface area contributed by atoms with Gasteiger partial charge in [-0.05, 0) is 69.2 Å². The van der Waals surface area contributed by atoms with E-state index >= 15 is 0 Å². The standard InChI is InChI=1S/C32H45N5O4/c1-22(31(2,3)4)36(30(39)40-21-23-12-9-8-10-13-23)19-24-15-16-27-26(18-24)34-28(33)37(27)25-14-11-17-35(20-25)29(38)41-32(5,6)7/h8-10,12-13,15-16,18,22,25H,11,14,17,19-21H2,1-7H3,(H2,33,34)/t22-,25?/m0/s1. The van der Waals surface area contributed by atoms with Crippen molar-refractivity contribution in [2.75, 3.05) is 18.8 Å². The molecule has 9 heteroatoms. The van der Waals surface area contributed by atoms with Gasteiger partial charge in [-0.15, -0.1) is 0 Å². The molecule has 41 heavy (non-hydrogen) atoms. The number of rotatable bonds is 6. The van der Waals surface area contributed by atoms with Gasteiger partial charge in [-0.25, -0.2) is 14.6 Å². The summed E-state index contributed by atoms with van der Waals surface area (Å²) in [5.74, 6) is 0.412. The normalized spacial score (nSPS) is 16.9. The summed E-state index contributed by atoms with van der Waals surface area (Å²) in [6.07, 6.45) is 1.08. The molecule has 1 aromatic heterocycles. The molecular formula is C32H45N5O4. The summed E-state index contributed by atoms with van der Waals surface area (Å²) < 4.78 is 13.4. The molecule has 222 valence electrons. The minimum atomic E-state index is -0.548. The largest absolute Gasteiger partial charge is 0.445 e. The third-order valence-corrected chi connectivity index (χ3v) is 7.71. The van der Waals surface area contributed by atoms with Gasteiger partial charge in [0, 0.05) is 25.7 Å². The molecule has 2 atom stereocenters. The van der Waals surface area contributed by atoms with Gasteiger partial charge in [0.2, 0.25) is 5.95 Å². The number of ether oxygens (including phenoxy) is 2. The summed E-state index contributed by atoms with van der Waals surface area (Å²) in [5, 5.41) is 0. The molecule has 1 aliphatic rings. The number of nitrogens with zero attached hydrogens (tertiary/aromatic N) is 4. The van der Waals surface area contributed by atoms with E-state index in [9.17, 15) is 9.59 Å². The molecule has 1 saturated heterocycles. The number of carbonyl (C=O) groups is 2. The average molecular weight is 564 g/mol.